The predicted molar refractivity (Wildman–Crippen MR) is 52.4 cm³/mol. The minimum atomic E-state index is 0.731. The lowest BCUT2D eigenvalue weighted by atomic mass is 10.3. The molecule has 66 valence electrons. The summed E-state index contributed by atoms with van der Waals surface area (Å²) in [4.78, 5) is 2.51. The fourth-order valence-electron chi connectivity index (χ4n) is 1.57. The summed E-state index contributed by atoms with van der Waals surface area (Å²) in [5, 5.41) is 3.31. The molecule has 1 atom stereocenters. The van der Waals surface area contributed by atoms with Crippen molar-refractivity contribution in [1.29, 1.82) is 0 Å². The second-order valence-corrected chi connectivity index (χ2v) is 3.60. The van der Waals surface area contributed by atoms with E-state index < -0.39 is 0 Å². The van der Waals surface area contributed by atoms with Crippen LogP contribution in [-0.2, 0) is 0 Å². The Morgan fingerprint density at radius 3 is 3.00 bits per heavy atom. The quantitative estimate of drug-likeness (QED) is 0.607. The van der Waals surface area contributed by atoms with Crippen molar-refractivity contribution in [3.63, 3.8) is 0 Å². The monoisotopic (exact) mass is 174 g/mol. The molecular weight excluding hydrogens is 156 g/mol. The van der Waals surface area contributed by atoms with Crippen LogP contribution in [0.25, 0.3) is 0 Å². The van der Waals surface area contributed by atoms with Gasteiger partial charge in [0.15, 0.2) is 0 Å². The Labute approximate surface area is 74.8 Å². The summed E-state index contributed by atoms with van der Waals surface area (Å²) in [5.41, 5.74) is 0. The first kappa shape index (κ1) is 9.36. The van der Waals surface area contributed by atoms with Gasteiger partial charge in [0.1, 0.15) is 0 Å². The van der Waals surface area contributed by atoms with Crippen LogP contribution in [0.2, 0.25) is 0 Å². The summed E-state index contributed by atoms with van der Waals surface area (Å²) >= 11 is 4.20. The Kier molecular flexibility index (Phi) is 4.26. The highest BCUT2D eigenvalue weighted by atomic mass is 32.1. The first-order valence-electron chi connectivity index (χ1n) is 4.37. The first-order chi connectivity index (χ1) is 5.36. The summed E-state index contributed by atoms with van der Waals surface area (Å²) in [6, 6.07) is 0.731. The number of likely N-dealkylation sites (tertiary alicyclic amines) is 1. The lowest BCUT2D eigenvalue weighted by Gasteiger charge is -2.14. The van der Waals surface area contributed by atoms with Crippen LogP contribution in [0.4, 0.5) is 0 Å². The Morgan fingerprint density at radius 2 is 2.45 bits per heavy atom. The van der Waals surface area contributed by atoms with Gasteiger partial charge in [-0.3, -0.25) is 0 Å². The van der Waals surface area contributed by atoms with Crippen LogP contribution in [0.5, 0.6) is 0 Å². The van der Waals surface area contributed by atoms with Gasteiger partial charge in [-0.05, 0) is 38.7 Å². The van der Waals surface area contributed by atoms with Crippen molar-refractivity contribution in [2.45, 2.75) is 18.9 Å². The molecule has 0 saturated carbocycles. The third-order valence-electron chi connectivity index (χ3n) is 2.31. The van der Waals surface area contributed by atoms with Crippen molar-refractivity contribution in [3.8, 4) is 0 Å². The van der Waals surface area contributed by atoms with E-state index in [1.807, 2.05) is 7.05 Å². The highest BCUT2D eigenvalue weighted by Crippen LogP contribution is 2.08. The Morgan fingerprint density at radius 1 is 1.64 bits per heavy atom. The summed E-state index contributed by atoms with van der Waals surface area (Å²) in [7, 11) is 2.05. The molecule has 0 aromatic carbocycles. The Balaban J connectivity index is 2.09. The summed E-state index contributed by atoms with van der Waals surface area (Å²) < 4.78 is 0. The van der Waals surface area contributed by atoms with Gasteiger partial charge in [-0.15, -0.1) is 0 Å². The maximum Gasteiger partial charge on any atom is 0.0204 e. The van der Waals surface area contributed by atoms with Gasteiger partial charge in [-0.25, -0.2) is 0 Å². The van der Waals surface area contributed by atoms with Crippen molar-refractivity contribution < 1.29 is 0 Å². The van der Waals surface area contributed by atoms with E-state index in [2.05, 4.69) is 22.8 Å². The SMILES string of the molecule is CNC1CCN(CCCS)C1. The van der Waals surface area contributed by atoms with E-state index in [0.29, 0.717) is 0 Å². The summed E-state index contributed by atoms with van der Waals surface area (Å²) in [6.07, 6.45) is 2.53. The molecule has 1 rings (SSSR count). The zero-order valence-corrected chi connectivity index (χ0v) is 8.11. The molecule has 1 N–H and O–H groups in total. The van der Waals surface area contributed by atoms with E-state index in [-0.39, 0.29) is 0 Å². The maximum absolute atomic E-state index is 4.20. The molecule has 1 fully saturated rings. The molecule has 0 spiro atoms. The van der Waals surface area contributed by atoms with E-state index in [0.717, 1.165) is 11.8 Å². The van der Waals surface area contributed by atoms with E-state index in [1.54, 1.807) is 0 Å². The first-order valence-corrected chi connectivity index (χ1v) is 5.00. The maximum atomic E-state index is 4.20. The topological polar surface area (TPSA) is 15.3 Å². The van der Waals surface area contributed by atoms with Crippen molar-refractivity contribution in [2.24, 2.45) is 0 Å². The molecule has 1 aliphatic heterocycles. The normalized spacial score (nSPS) is 26.2. The highest BCUT2D eigenvalue weighted by molar-refractivity contribution is 7.80. The molecule has 1 heterocycles. The molecule has 0 bridgehead atoms. The van der Waals surface area contributed by atoms with Crippen LogP contribution in [0.1, 0.15) is 12.8 Å². The Bertz CT molecular complexity index is 108. The number of nitrogens with zero attached hydrogens (tertiary/aromatic N) is 1. The van der Waals surface area contributed by atoms with Crippen molar-refractivity contribution in [3.05, 3.63) is 0 Å². The zero-order chi connectivity index (χ0) is 8.10. The predicted octanol–water partition coefficient (Wildman–Crippen LogP) is 0.600. The van der Waals surface area contributed by atoms with Crippen molar-refractivity contribution in [1.82, 2.24) is 10.2 Å². The minimum Gasteiger partial charge on any atom is -0.316 e. The lowest BCUT2D eigenvalue weighted by molar-refractivity contribution is 0.332. The Hall–Kier alpha value is 0.270. The smallest absolute Gasteiger partial charge is 0.0204 e. The van der Waals surface area contributed by atoms with Gasteiger partial charge in [0.2, 0.25) is 0 Å². The largest absolute Gasteiger partial charge is 0.316 e. The zero-order valence-electron chi connectivity index (χ0n) is 7.21. The summed E-state index contributed by atoms with van der Waals surface area (Å²) in [6.45, 7) is 3.71. The van der Waals surface area contributed by atoms with Gasteiger partial charge >= 0.3 is 0 Å². The number of hydrogen-bond acceptors (Lipinski definition) is 3. The van der Waals surface area contributed by atoms with Gasteiger partial charge in [0.05, 0.1) is 0 Å². The van der Waals surface area contributed by atoms with Crippen LogP contribution in [0, 0.1) is 0 Å². The van der Waals surface area contributed by atoms with Crippen LogP contribution < -0.4 is 5.32 Å². The molecule has 3 heteroatoms. The van der Waals surface area contributed by atoms with Crippen LogP contribution in [-0.4, -0.2) is 43.4 Å². The fraction of sp³-hybridized carbons (Fsp3) is 1.00. The lowest BCUT2D eigenvalue weighted by Crippen LogP contribution is -2.30. The highest BCUT2D eigenvalue weighted by Gasteiger charge is 2.19. The van der Waals surface area contributed by atoms with E-state index in [1.165, 1.54) is 32.5 Å². The van der Waals surface area contributed by atoms with E-state index >= 15 is 0 Å². The molecule has 0 aliphatic carbocycles. The molecule has 1 saturated heterocycles. The van der Waals surface area contributed by atoms with Gasteiger partial charge in [0.25, 0.3) is 0 Å². The molecule has 0 aromatic heterocycles. The molecule has 2 nitrogen and oxygen atoms in total. The number of rotatable bonds is 4. The molecule has 0 amide bonds. The molecule has 0 aromatic rings. The average molecular weight is 174 g/mol. The molecule has 0 radical (unpaired) electrons. The van der Waals surface area contributed by atoms with Gasteiger partial charge in [-0.2, -0.15) is 12.6 Å². The molecule has 1 unspecified atom stereocenters. The number of hydrogen-bond donors (Lipinski definition) is 2. The van der Waals surface area contributed by atoms with E-state index in [4.69, 9.17) is 0 Å². The third kappa shape index (κ3) is 3.01. The standard InChI is InChI=1S/C8H18N2S/c1-9-8-3-5-10(7-8)4-2-6-11/h8-9,11H,2-7H2,1H3. The van der Waals surface area contributed by atoms with Gasteiger partial charge in [-0.1, -0.05) is 0 Å². The molecular formula is C8H18N2S. The number of thiol groups is 1. The van der Waals surface area contributed by atoms with Crippen LogP contribution in [0.3, 0.4) is 0 Å². The van der Waals surface area contributed by atoms with Crippen LogP contribution >= 0.6 is 12.6 Å². The fourth-order valence-corrected chi connectivity index (χ4v) is 1.71. The van der Waals surface area contributed by atoms with Crippen molar-refractivity contribution in [2.75, 3.05) is 32.4 Å². The number of likely N-dealkylation sites (N-methyl/N-ethyl adjacent to an activating group) is 1. The van der Waals surface area contributed by atoms with Gasteiger partial charge < -0.3 is 10.2 Å². The third-order valence-corrected chi connectivity index (χ3v) is 2.63. The molecule has 11 heavy (non-hydrogen) atoms. The van der Waals surface area contributed by atoms with Crippen LogP contribution in [0.15, 0.2) is 0 Å². The van der Waals surface area contributed by atoms with Crippen molar-refractivity contribution >= 4 is 12.6 Å². The second-order valence-electron chi connectivity index (χ2n) is 3.15. The van der Waals surface area contributed by atoms with E-state index in [9.17, 15) is 0 Å². The van der Waals surface area contributed by atoms with Gasteiger partial charge in [0, 0.05) is 12.6 Å². The molecule has 1 aliphatic rings. The minimum absolute atomic E-state index is 0.731. The second kappa shape index (κ2) is 5.01. The summed E-state index contributed by atoms with van der Waals surface area (Å²) in [5.74, 6) is 1.01. The number of nitrogens with one attached hydrogen (secondary N) is 1. The average Bonchev–Trinajstić information content (AvgIpc) is 2.48.